The second-order valence-corrected chi connectivity index (χ2v) is 8.08. The van der Waals surface area contributed by atoms with Gasteiger partial charge in [0, 0.05) is 41.9 Å². The van der Waals surface area contributed by atoms with Crippen LogP contribution in [0.4, 0.5) is 0 Å². The summed E-state index contributed by atoms with van der Waals surface area (Å²) < 4.78 is 0.263. The summed E-state index contributed by atoms with van der Waals surface area (Å²) >= 11 is 1.98. The quantitative estimate of drug-likeness (QED) is 0.851. The lowest BCUT2D eigenvalue weighted by Gasteiger charge is -2.34. The highest BCUT2D eigenvalue weighted by atomic mass is 32.2. The van der Waals surface area contributed by atoms with Crippen molar-refractivity contribution in [3.8, 4) is 0 Å². The zero-order valence-corrected chi connectivity index (χ0v) is 13.4. The lowest BCUT2D eigenvalue weighted by molar-refractivity contribution is 0.184. The van der Waals surface area contributed by atoms with Gasteiger partial charge in [-0.05, 0) is 18.6 Å². The largest absolute Gasteiger partial charge is 0.314 e. The van der Waals surface area contributed by atoms with Gasteiger partial charge in [0.25, 0.3) is 0 Å². The van der Waals surface area contributed by atoms with E-state index in [2.05, 4.69) is 62.2 Å². The number of thioether (sulfide) groups is 1. The molecule has 19 heavy (non-hydrogen) atoms. The van der Waals surface area contributed by atoms with Crippen molar-refractivity contribution < 1.29 is 0 Å². The third-order valence-corrected chi connectivity index (χ3v) is 4.69. The van der Waals surface area contributed by atoms with Crippen molar-refractivity contribution in [2.75, 3.05) is 26.2 Å². The summed E-state index contributed by atoms with van der Waals surface area (Å²) in [5.74, 6) is 0. The third-order valence-electron chi connectivity index (χ3n) is 3.48. The van der Waals surface area contributed by atoms with Crippen molar-refractivity contribution in [1.29, 1.82) is 0 Å². The van der Waals surface area contributed by atoms with Crippen LogP contribution in [0.3, 0.4) is 0 Å². The van der Waals surface area contributed by atoms with E-state index in [-0.39, 0.29) is 4.75 Å². The Labute approximate surface area is 122 Å². The fourth-order valence-corrected chi connectivity index (χ4v) is 3.68. The van der Waals surface area contributed by atoms with E-state index in [0.717, 1.165) is 26.2 Å². The first-order valence-electron chi connectivity index (χ1n) is 7.20. The smallest absolute Gasteiger partial charge is 0.0332 e. The predicted octanol–water partition coefficient (Wildman–Crippen LogP) is 3.54. The zero-order chi connectivity index (χ0) is 13.9. The third kappa shape index (κ3) is 4.23. The van der Waals surface area contributed by atoms with Gasteiger partial charge in [-0.15, -0.1) is 11.8 Å². The summed E-state index contributed by atoms with van der Waals surface area (Å²) in [6.07, 6.45) is 0. The zero-order valence-electron chi connectivity index (χ0n) is 12.6. The number of nitrogens with one attached hydrogen (secondary N) is 1. The average molecular weight is 278 g/mol. The van der Waals surface area contributed by atoms with Gasteiger partial charge >= 0.3 is 0 Å². The fraction of sp³-hybridized carbons (Fsp3) is 0.625. The highest BCUT2D eigenvalue weighted by Crippen LogP contribution is 2.37. The van der Waals surface area contributed by atoms with Crippen LogP contribution < -0.4 is 5.32 Å². The number of nitrogens with zero attached hydrogens (tertiary/aromatic N) is 1. The first-order chi connectivity index (χ1) is 8.97. The molecular formula is C16H26N2S. The van der Waals surface area contributed by atoms with Crippen molar-refractivity contribution >= 4 is 11.8 Å². The molecule has 1 aliphatic rings. The van der Waals surface area contributed by atoms with E-state index >= 15 is 0 Å². The van der Waals surface area contributed by atoms with Gasteiger partial charge in [-0.1, -0.05) is 39.0 Å². The lowest BCUT2D eigenvalue weighted by atomic mass is 10.1. The molecule has 1 atom stereocenters. The SMILES string of the molecule is C[C@H](c1ccccc1SC(C)(C)C)N1CCNCC1. The van der Waals surface area contributed by atoms with E-state index in [0.29, 0.717) is 6.04 Å². The van der Waals surface area contributed by atoms with E-state index in [1.54, 1.807) is 0 Å². The molecule has 1 aromatic carbocycles. The molecule has 0 aliphatic carbocycles. The van der Waals surface area contributed by atoms with Crippen LogP contribution in [0.15, 0.2) is 29.2 Å². The van der Waals surface area contributed by atoms with Gasteiger partial charge in [-0.2, -0.15) is 0 Å². The summed E-state index contributed by atoms with van der Waals surface area (Å²) in [5.41, 5.74) is 1.48. The monoisotopic (exact) mass is 278 g/mol. The Bertz CT molecular complexity index is 405. The van der Waals surface area contributed by atoms with Crippen molar-refractivity contribution in [3.63, 3.8) is 0 Å². The van der Waals surface area contributed by atoms with Gasteiger partial charge in [-0.3, -0.25) is 4.90 Å². The van der Waals surface area contributed by atoms with Gasteiger partial charge in [-0.25, -0.2) is 0 Å². The second-order valence-electron chi connectivity index (χ2n) is 6.21. The minimum atomic E-state index is 0.263. The Morgan fingerprint density at radius 1 is 1.16 bits per heavy atom. The maximum atomic E-state index is 3.43. The number of hydrogen-bond donors (Lipinski definition) is 1. The van der Waals surface area contributed by atoms with Crippen LogP contribution in [0.5, 0.6) is 0 Å². The standard InChI is InChI=1S/C16H26N2S/c1-13(18-11-9-17-10-12-18)14-7-5-6-8-15(14)19-16(2,3)4/h5-8,13,17H,9-12H2,1-4H3/t13-/m1/s1. The molecule has 0 aromatic heterocycles. The Balaban J connectivity index is 2.18. The van der Waals surface area contributed by atoms with E-state index in [1.807, 2.05) is 11.8 Å². The Hall–Kier alpha value is -0.510. The molecule has 0 amide bonds. The summed E-state index contributed by atoms with van der Waals surface area (Å²) in [5, 5.41) is 3.43. The maximum absolute atomic E-state index is 3.43. The number of hydrogen-bond acceptors (Lipinski definition) is 3. The molecule has 1 aliphatic heterocycles. The Kier molecular flexibility index (Phi) is 4.93. The van der Waals surface area contributed by atoms with Crippen LogP contribution in [0.2, 0.25) is 0 Å². The second kappa shape index (κ2) is 6.29. The van der Waals surface area contributed by atoms with Crippen molar-refractivity contribution in [2.24, 2.45) is 0 Å². The predicted molar refractivity (Wildman–Crippen MR) is 84.9 cm³/mol. The highest BCUT2D eigenvalue weighted by molar-refractivity contribution is 8.00. The number of rotatable bonds is 3. The highest BCUT2D eigenvalue weighted by Gasteiger charge is 2.22. The maximum Gasteiger partial charge on any atom is 0.0332 e. The van der Waals surface area contributed by atoms with Gasteiger partial charge in [0.15, 0.2) is 0 Å². The summed E-state index contributed by atoms with van der Waals surface area (Å²) in [7, 11) is 0. The van der Waals surface area contributed by atoms with Crippen LogP contribution in [0.25, 0.3) is 0 Å². The summed E-state index contributed by atoms with van der Waals surface area (Å²) in [4.78, 5) is 4.01. The molecule has 0 radical (unpaired) electrons. The minimum absolute atomic E-state index is 0.263. The molecule has 3 heteroatoms. The van der Waals surface area contributed by atoms with Crippen LogP contribution in [-0.2, 0) is 0 Å². The van der Waals surface area contributed by atoms with E-state index in [9.17, 15) is 0 Å². The normalized spacial score (nSPS) is 19.4. The minimum Gasteiger partial charge on any atom is -0.314 e. The molecule has 0 spiro atoms. The molecule has 1 aromatic rings. The average Bonchev–Trinajstić information content (AvgIpc) is 2.38. The molecule has 2 rings (SSSR count). The van der Waals surface area contributed by atoms with E-state index < -0.39 is 0 Å². The number of piperazine rings is 1. The Morgan fingerprint density at radius 3 is 2.42 bits per heavy atom. The molecule has 106 valence electrons. The van der Waals surface area contributed by atoms with Crippen LogP contribution in [0, 0.1) is 0 Å². The molecule has 1 N–H and O–H groups in total. The van der Waals surface area contributed by atoms with E-state index in [4.69, 9.17) is 0 Å². The molecule has 0 saturated carbocycles. The van der Waals surface area contributed by atoms with Crippen LogP contribution >= 0.6 is 11.8 Å². The van der Waals surface area contributed by atoms with Crippen molar-refractivity contribution in [2.45, 2.75) is 43.4 Å². The van der Waals surface area contributed by atoms with E-state index in [1.165, 1.54) is 10.5 Å². The van der Waals surface area contributed by atoms with Crippen LogP contribution in [-0.4, -0.2) is 35.8 Å². The molecule has 1 heterocycles. The summed E-state index contributed by atoms with van der Waals surface area (Å²) in [6.45, 7) is 13.7. The molecule has 2 nitrogen and oxygen atoms in total. The lowest BCUT2D eigenvalue weighted by Crippen LogP contribution is -2.44. The Morgan fingerprint density at radius 2 is 1.79 bits per heavy atom. The van der Waals surface area contributed by atoms with Gasteiger partial charge < -0.3 is 5.32 Å². The molecular weight excluding hydrogens is 252 g/mol. The summed E-state index contributed by atoms with van der Waals surface area (Å²) in [6, 6.07) is 9.39. The van der Waals surface area contributed by atoms with Crippen molar-refractivity contribution in [3.05, 3.63) is 29.8 Å². The van der Waals surface area contributed by atoms with Crippen molar-refractivity contribution in [1.82, 2.24) is 10.2 Å². The molecule has 1 saturated heterocycles. The van der Waals surface area contributed by atoms with Gasteiger partial charge in [0.05, 0.1) is 0 Å². The molecule has 1 fully saturated rings. The van der Waals surface area contributed by atoms with Gasteiger partial charge in [0.2, 0.25) is 0 Å². The van der Waals surface area contributed by atoms with Gasteiger partial charge in [0.1, 0.15) is 0 Å². The fourth-order valence-electron chi connectivity index (χ4n) is 2.51. The number of benzene rings is 1. The molecule has 0 unspecified atom stereocenters. The first-order valence-corrected chi connectivity index (χ1v) is 8.02. The van der Waals surface area contributed by atoms with Crippen LogP contribution in [0.1, 0.15) is 39.3 Å². The first kappa shape index (κ1) is 14.9. The molecule has 0 bridgehead atoms. The topological polar surface area (TPSA) is 15.3 Å².